The average molecular weight is 384 g/mol. The van der Waals surface area contributed by atoms with Gasteiger partial charge in [-0.1, -0.05) is 50.1 Å². The molecule has 0 bridgehead atoms. The summed E-state index contributed by atoms with van der Waals surface area (Å²) < 4.78 is 17.6. The van der Waals surface area contributed by atoms with Crippen molar-refractivity contribution in [1.82, 2.24) is 4.84 Å². The van der Waals surface area contributed by atoms with Crippen molar-refractivity contribution in [1.29, 1.82) is 0 Å². The third-order valence-electron chi connectivity index (χ3n) is 4.66. The minimum atomic E-state index is -0.671. The zero-order valence-electron chi connectivity index (χ0n) is 15.7. The zero-order valence-corrected chi connectivity index (χ0v) is 16.4. The van der Waals surface area contributed by atoms with Crippen LogP contribution in [-0.4, -0.2) is 44.0 Å². The van der Waals surface area contributed by atoms with Crippen LogP contribution >= 0.6 is 11.8 Å². The Labute approximate surface area is 161 Å². The van der Waals surface area contributed by atoms with Crippen molar-refractivity contribution >= 4 is 17.7 Å². The van der Waals surface area contributed by atoms with E-state index in [4.69, 9.17) is 26.0 Å². The fourth-order valence-corrected chi connectivity index (χ4v) is 3.38. The normalized spacial score (nSPS) is 27.3. The number of nitrogens with one attached hydrogen (secondary N) is 1. The summed E-state index contributed by atoms with van der Waals surface area (Å²) in [5.41, 5.74) is 1.22. The van der Waals surface area contributed by atoms with E-state index in [0.717, 1.165) is 25.7 Å². The highest BCUT2D eigenvalue weighted by Crippen LogP contribution is 2.23. The van der Waals surface area contributed by atoms with Crippen molar-refractivity contribution in [2.75, 3.05) is 19.8 Å². The van der Waals surface area contributed by atoms with Crippen molar-refractivity contribution in [3.8, 4) is 0 Å². The van der Waals surface area contributed by atoms with E-state index in [2.05, 4.69) is 23.9 Å². The molecule has 1 N–H and O–H groups in total. The number of ether oxygens (including phenoxy) is 3. The van der Waals surface area contributed by atoms with Gasteiger partial charge in [-0.25, -0.2) is 4.84 Å². The molecule has 1 saturated heterocycles. The van der Waals surface area contributed by atoms with Gasteiger partial charge in [-0.15, -0.1) is 0 Å². The standard InChI is InChI=1S/C20H30ClNO4/c1-3-4-8-11-25-19-15(2)26-20(23)18(22-21)14-24-13-17(19)12-16-9-6-5-7-10-16/h5-7,9-10,15,17-19,22H,3-4,8,11-14H2,1-2H3/t15-,17-,18-,19-/m0/s1. The van der Waals surface area contributed by atoms with Gasteiger partial charge < -0.3 is 14.2 Å². The Morgan fingerprint density at radius 2 is 2.00 bits per heavy atom. The molecule has 1 fully saturated rings. The number of halogens is 1. The van der Waals surface area contributed by atoms with Gasteiger partial charge in [0.15, 0.2) is 0 Å². The van der Waals surface area contributed by atoms with Crippen LogP contribution in [0.4, 0.5) is 0 Å². The topological polar surface area (TPSA) is 56.8 Å². The maximum Gasteiger partial charge on any atom is 0.327 e. The number of carbonyl (C=O) groups excluding carboxylic acids is 1. The summed E-state index contributed by atoms with van der Waals surface area (Å²) in [5, 5.41) is 0. The van der Waals surface area contributed by atoms with E-state index in [1.54, 1.807) is 0 Å². The number of carbonyl (C=O) groups is 1. The van der Waals surface area contributed by atoms with Gasteiger partial charge in [0.1, 0.15) is 12.1 Å². The van der Waals surface area contributed by atoms with Crippen LogP contribution in [0.25, 0.3) is 0 Å². The SMILES string of the molecule is CCCCCO[C@@H]1[C@@H](Cc2ccccc2)COC[C@H](NCl)C(=O)O[C@H]1C. The fraction of sp³-hybridized carbons (Fsp3) is 0.650. The molecule has 1 aromatic rings. The van der Waals surface area contributed by atoms with Crippen LogP contribution in [-0.2, 0) is 25.4 Å². The van der Waals surface area contributed by atoms with Gasteiger partial charge in [0, 0.05) is 12.5 Å². The summed E-state index contributed by atoms with van der Waals surface area (Å²) in [6.07, 6.45) is 3.48. The number of benzene rings is 1. The highest BCUT2D eigenvalue weighted by Gasteiger charge is 2.34. The summed E-state index contributed by atoms with van der Waals surface area (Å²) in [6, 6.07) is 9.58. The molecular formula is C20H30ClNO4. The fourth-order valence-electron chi connectivity index (χ4n) is 3.23. The molecule has 5 nitrogen and oxygen atoms in total. The molecule has 146 valence electrons. The van der Waals surface area contributed by atoms with Crippen LogP contribution in [0.3, 0.4) is 0 Å². The van der Waals surface area contributed by atoms with Gasteiger partial charge in [0.25, 0.3) is 0 Å². The minimum absolute atomic E-state index is 0.0934. The molecule has 1 aliphatic heterocycles. The maximum absolute atomic E-state index is 12.2. The Bertz CT molecular complexity index is 528. The van der Waals surface area contributed by atoms with Crippen molar-refractivity contribution in [3.05, 3.63) is 35.9 Å². The average Bonchev–Trinajstić information content (AvgIpc) is 2.69. The third kappa shape index (κ3) is 6.54. The quantitative estimate of drug-likeness (QED) is 0.423. The number of hydrogen-bond acceptors (Lipinski definition) is 5. The third-order valence-corrected chi connectivity index (χ3v) is 4.92. The number of rotatable bonds is 8. The van der Waals surface area contributed by atoms with E-state index in [0.29, 0.717) is 13.2 Å². The molecule has 0 unspecified atom stereocenters. The summed E-state index contributed by atoms with van der Waals surface area (Å²) >= 11 is 5.66. The van der Waals surface area contributed by atoms with E-state index >= 15 is 0 Å². The number of cyclic esters (lactones) is 1. The van der Waals surface area contributed by atoms with E-state index in [1.165, 1.54) is 5.56 Å². The Hall–Kier alpha value is -1.14. The molecule has 0 amide bonds. The Kier molecular flexibility index (Phi) is 9.40. The first kappa shape index (κ1) is 21.2. The van der Waals surface area contributed by atoms with Gasteiger partial charge in [-0.3, -0.25) is 4.79 Å². The van der Waals surface area contributed by atoms with Crippen LogP contribution in [0.15, 0.2) is 30.3 Å². The summed E-state index contributed by atoms with van der Waals surface area (Å²) in [5.74, 6) is -0.314. The van der Waals surface area contributed by atoms with Crippen LogP contribution < -0.4 is 4.84 Å². The van der Waals surface area contributed by atoms with Crippen molar-refractivity contribution in [2.45, 2.75) is 57.8 Å². The second-order valence-electron chi connectivity index (χ2n) is 6.83. The number of esters is 1. The first-order valence-electron chi connectivity index (χ1n) is 9.45. The van der Waals surface area contributed by atoms with Gasteiger partial charge in [0.05, 0.1) is 19.3 Å². The van der Waals surface area contributed by atoms with E-state index in [9.17, 15) is 4.79 Å². The smallest absolute Gasteiger partial charge is 0.327 e. The van der Waals surface area contributed by atoms with Crippen molar-refractivity contribution in [2.24, 2.45) is 5.92 Å². The van der Waals surface area contributed by atoms with Gasteiger partial charge in [-0.05, 0) is 37.1 Å². The molecule has 0 saturated carbocycles. The Morgan fingerprint density at radius 3 is 2.69 bits per heavy atom. The summed E-state index contributed by atoms with van der Waals surface area (Å²) in [7, 11) is 0. The van der Waals surface area contributed by atoms with E-state index in [-0.39, 0.29) is 24.7 Å². The molecule has 1 aromatic carbocycles. The molecule has 0 aromatic heterocycles. The summed E-state index contributed by atoms with van der Waals surface area (Å²) in [4.78, 5) is 14.7. The van der Waals surface area contributed by atoms with Crippen LogP contribution in [0.2, 0.25) is 0 Å². The first-order chi connectivity index (χ1) is 12.7. The van der Waals surface area contributed by atoms with Crippen molar-refractivity contribution in [3.63, 3.8) is 0 Å². The molecule has 0 radical (unpaired) electrons. The van der Waals surface area contributed by atoms with Gasteiger partial charge in [-0.2, -0.15) is 0 Å². The molecule has 6 heteroatoms. The second-order valence-corrected chi connectivity index (χ2v) is 7.05. The lowest BCUT2D eigenvalue weighted by Crippen LogP contribution is -2.42. The minimum Gasteiger partial charge on any atom is -0.459 e. The predicted molar refractivity (Wildman–Crippen MR) is 102 cm³/mol. The second kappa shape index (κ2) is 11.5. The molecule has 0 aliphatic carbocycles. The van der Waals surface area contributed by atoms with Gasteiger partial charge in [0.2, 0.25) is 0 Å². The monoisotopic (exact) mass is 383 g/mol. The van der Waals surface area contributed by atoms with E-state index < -0.39 is 12.0 Å². The van der Waals surface area contributed by atoms with Crippen LogP contribution in [0, 0.1) is 5.92 Å². The molecular weight excluding hydrogens is 354 g/mol. The lowest BCUT2D eigenvalue weighted by Gasteiger charge is -2.31. The zero-order chi connectivity index (χ0) is 18.8. The molecule has 26 heavy (non-hydrogen) atoms. The van der Waals surface area contributed by atoms with Crippen LogP contribution in [0.5, 0.6) is 0 Å². The first-order valence-corrected chi connectivity index (χ1v) is 9.83. The molecule has 4 atom stereocenters. The lowest BCUT2D eigenvalue weighted by atomic mass is 9.91. The Morgan fingerprint density at radius 1 is 1.23 bits per heavy atom. The number of hydrogen-bond donors (Lipinski definition) is 1. The maximum atomic E-state index is 12.2. The summed E-state index contributed by atoms with van der Waals surface area (Å²) in [6.45, 7) is 5.38. The highest BCUT2D eigenvalue weighted by molar-refractivity contribution is 6.14. The molecule has 1 heterocycles. The lowest BCUT2D eigenvalue weighted by molar-refractivity contribution is -0.160. The van der Waals surface area contributed by atoms with E-state index in [1.807, 2.05) is 25.1 Å². The number of unbranched alkanes of at least 4 members (excludes halogenated alkanes) is 2. The largest absolute Gasteiger partial charge is 0.459 e. The van der Waals surface area contributed by atoms with Crippen molar-refractivity contribution < 1.29 is 19.0 Å². The molecule has 0 spiro atoms. The van der Waals surface area contributed by atoms with Crippen LogP contribution in [0.1, 0.15) is 38.7 Å². The predicted octanol–water partition coefficient (Wildman–Crippen LogP) is 3.49. The van der Waals surface area contributed by atoms with Gasteiger partial charge >= 0.3 is 5.97 Å². The highest BCUT2D eigenvalue weighted by atomic mass is 35.5. The molecule has 1 aliphatic rings. The Balaban J connectivity index is 2.12. The molecule has 2 rings (SSSR count).